The van der Waals surface area contributed by atoms with Crippen LogP contribution >= 0.6 is 0 Å². The molecule has 96 valence electrons. The number of unbranched alkanes of at least 4 members (excludes halogenated alkanes) is 1. The first-order chi connectivity index (χ1) is 7.70. The van der Waals surface area contributed by atoms with Crippen LogP contribution in [-0.4, -0.2) is 10.7 Å². The van der Waals surface area contributed by atoms with E-state index in [1.54, 1.807) is 0 Å². The van der Waals surface area contributed by atoms with Crippen LogP contribution in [0.15, 0.2) is 0 Å². The van der Waals surface area contributed by atoms with E-state index in [0.29, 0.717) is 0 Å². The van der Waals surface area contributed by atoms with Gasteiger partial charge in [0.1, 0.15) is 0 Å². The van der Waals surface area contributed by atoms with Crippen molar-refractivity contribution in [2.45, 2.75) is 90.1 Å². The molecule has 1 saturated carbocycles. The van der Waals surface area contributed by atoms with Crippen molar-refractivity contribution in [2.24, 2.45) is 5.92 Å². The van der Waals surface area contributed by atoms with E-state index in [4.69, 9.17) is 0 Å². The van der Waals surface area contributed by atoms with Gasteiger partial charge in [0.05, 0.1) is 5.60 Å². The minimum absolute atomic E-state index is 0.315. The normalized spacial score (nSPS) is 22.7. The topological polar surface area (TPSA) is 20.2 Å². The second-order valence-corrected chi connectivity index (χ2v) is 5.76. The van der Waals surface area contributed by atoms with Crippen molar-refractivity contribution >= 4 is 0 Å². The molecule has 1 fully saturated rings. The molecule has 1 heteroatoms. The highest BCUT2D eigenvalue weighted by molar-refractivity contribution is 4.83. The minimum Gasteiger partial charge on any atom is -0.390 e. The molecule has 1 unspecified atom stereocenters. The van der Waals surface area contributed by atoms with Crippen LogP contribution in [0.3, 0.4) is 0 Å². The Balaban J connectivity index is 2.40. The fraction of sp³-hybridized carbons (Fsp3) is 1.00. The molecular weight excluding hydrogens is 196 g/mol. The molecule has 0 amide bonds. The Morgan fingerprint density at radius 1 is 1.06 bits per heavy atom. The largest absolute Gasteiger partial charge is 0.390 e. The smallest absolute Gasteiger partial charge is 0.0650 e. The number of aliphatic hydroxyl groups is 1. The Hall–Kier alpha value is -0.0400. The Morgan fingerprint density at radius 2 is 1.69 bits per heavy atom. The van der Waals surface area contributed by atoms with Gasteiger partial charge in [-0.25, -0.2) is 0 Å². The summed E-state index contributed by atoms with van der Waals surface area (Å²) in [5.41, 5.74) is -0.315. The first-order valence-electron chi connectivity index (χ1n) is 7.42. The third-order valence-corrected chi connectivity index (χ3v) is 4.25. The molecular formula is C15H30O. The zero-order valence-electron chi connectivity index (χ0n) is 11.3. The van der Waals surface area contributed by atoms with Crippen molar-refractivity contribution in [2.75, 3.05) is 0 Å². The molecule has 1 rings (SSSR count). The molecule has 0 saturated heterocycles. The van der Waals surface area contributed by atoms with Crippen LogP contribution in [0.2, 0.25) is 0 Å². The van der Waals surface area contributed by atoms with Crippen molar-refractivity contribution in [1.82, 2.24) is 0 Å². The zero-order chi connectivity index (χ0) is 11.9. The SMILES string of the molecule is CCCCC(CC)CC1(O)CCCCCC1. The van der Waals surface area contributed by atoms with Gasteiger partial charge < -0.3 is 5.11 Å². The first kappa shape index (κ1) is 14.0. The van der Waals surface area contributed by atoms with E-state index < -0.39 is 0 Å². The van der Waals surface area contributed by atoms with E-state index in [1.165, 1.54) is 51.4 Å². The lowest BCUT2D eigenvalue weighted by Crippen LogP contribution is -2.30. The predicted octanol–water partition coefficient (Wildman–Crippen LogP) is 4.68. The molecule has 0 aliphatic heterocycles. The molecule has 1 aliphatic rings. The average molecular weight is 226 g/mol. The van der Waals surface area contributed by atoms with Crippen LogP contribution in [0, 0.1) is 5.92 Å². The summed E-state index contributed by atoms with van der Waals surface area (Å²) < 4.78 is 0. The number of hydrogen-bond donors (Lipinski definition) is 1. The van der Waals surface area contributed by atoms with Crippen LogP contribution < -0.4 is 0 Å². The van der Waals surface area contributed by atoms with E-state index in [-0.39, 0.29) is 5.60 Å². The third-order valence-electron chi connectivity index (χ3n) is 4.25. The van der Waals surface area contributed by atoms with Gasteiger partial charge in [-0.15, -0.1) is 0 Å². The molecule has 1 atom stereocenters. The molecule has 16 heavy (non-hydrogen) atoms. The molecule has 0 heterocycles. The lowest BCUT2D eigenvalue weighted by atomic mass is 9.81. The van der Waals surface area contributed by atoms with E-state index in [1.807, 2.05) is 0 Å². The summed E-state index contributed by atoms with van der Waals surface area (Å²) in [5, 5.41) is 10.7. The Bertz CT molecular complexity index is 168. The molecule has 0 bridgehead atoms. The first-order valence-corrected chi connectivity index (χ1v) is 7.42. The van der Waals surface area contributed by atoms with Crippen molar-refractivity contribution in [3.63, 3.8) is 0 Å². The predicted molar refractivity (Wildman–Crippen MR) is 70.6 cm³/mol. The fourth-order valence-electron chi connectivity index (χ4n) is 3.07. The summed E-state index contributed by atoms with van der Waals surface area (Å²) in [5.74, 6) is 0.753. The highest BCUT2D eigenvalue weighted by Crippen LogP contribution is 2.34. The maximum absolute atomic E-state index is 10.7. The summed E-state index contributed by atoms with van der Waals surface area (Å²) in [7, 11) is 0. The van der Waals surface area contributed by atoms with E-state index >= 15 is 0 Å². The summed E-state index contributed by atoms with van der Waals surface area (Å²) in [6, 6.07) is 0. The van der Waals surface area contributed by atoms with Crippen LogP contribution in [0.5, 0.6) is 0 Å². The van der Waals surface area contributed by atoms with Crippen LogP contribution in [0.4, 0.5) is 0 Å². The van der Waals surface area contributed by atoms with Gasteiger partial charge in [0.15, 0.2) is 0 Å². The standard InChI is InChI=1S/C15H30O/c1-3-5-10-14(4-2)13-15(16)11-8-6-7-9-12-15/h14,16H,3-13H2,1-2H3. The lowest BCUT2D eigenvalue weighted by molar-refractivity contribution is -0.000785. The Kier molecular flexibility index (Phi) is 6.41. The molecule has 1 N–H and O–H groups in total. The molecule has 0 aromatic carbocycles. The fourth-order valence-corrected chi connectivity index (χ4v) is 3.07. The van der Waals surface area contributed by atoms with Crippen molar-refractivity contribution in [1.29, 1.82) is 0 Å². The zero-order valence-corrected chi connectivity index (χ0v) is 11.3. The lowest BCUT2D eigenvalue weighted by Gasteiger charge is -2.31. The minimum atomic E-state index is -0.315. The highest BCUT2D eigenvalue weighted by Gasteiger charge is 2.30. The maximum Gasteiger partial charge on any atom is 0.0650 e. The maximum atomic E-state index is 10.7. The van der Waals surface area contributed by atoms with Crippen LogP contribution in [-0.2, 0) is 0 Å². The summed E-state index contributed by atoms with van der Waals surface area (Å²) in [6.07, 6.45) is 13.5. The number of hydrogen-bond acceptors (Lipinski definition) is 1. The second kappa shape index (κ2) is 7.32. The van der Waals surface area contributed by atoms with Gasteiger partial charge in [-0.3, -0.25) is 0 Å². The molecule has 0 aromatic rings. The molecule has 0 spiro atoms. The van der Waals surface area contributed by atoms with Gasteiger partial charge in [0.2, 0.25) is 0 Å². The Morgan fingerprint density at radius 3 is 2.19 bits per heavy atom. The molecule has 1 nitrogen and oxygen atoms in total. The van der Waals surface area contributed by atoms with E-state index in [9.17, 15) is 5.11 Å². The summed E-state index contributed by atoms with van der Waals surface area (Å²) in [4.78, 5) is 0. The van der Waals surface area contributed by atoms with Gasteiger partial charge in [0.25, 0.3) is 0 Å². The highest BCUT2D eigenvalue weighted by atomic mass is 16.3. The summed E-state index contributed by atoms with van der Waals surface area (Å²) in [6.45, 7) is 4.54. The molecule has 0 aromatic heterocycles. The van der Waals surface area contributed by atoms with Gasteiger partial charge >= 0.3 is 0 Å². The van der Waals surface area contributed by atoms with Crippen molar-refractivity contribution in [3.05, 3.63) is 0 Å². The quantitative estimate of drug-likeness (QED) is 0.652. The van der Waals surface area contributed by atoms with Crippen LogP contribution in [0.25, 0.3) is 0 Å². The van der Waals surface area contributed by atoms with Gasteiger partial charge in [-0.2, -0.15) is 0 Å². The average Bonchev–Trinajstić information content (AvgIpc) is 2.49. The van der Waals surface area contributed by atoms with Gasteiger partial charge in [-0.1, -0.05) is 65.2 Å². The van der Waals surface area contributed by atoms with Crippen molar-refractivity contribution in [3.8, 4) is 0 Å². The second-order valence-electron chi connectivity index (χ2n) is 5.76. The Labute approximate surface area is 102 Å². The molecule has 0 radical (unpaired) electrons. The number of rotatable bonds is 6. The van der Waals surface area contributed by atoms with Crippen LogP contribution in [0.1, 0.15) is 84.5 Å². The third kappa shape index (κ3) is 4.86. The van der Waals surface area contributed by atoms with Gasteiger partial charge in [-0.05, 0) is 25.2 Å². The summed E-state index contributed by atoms with van der Waals surface area (Å²) >= 11 is 0. The van der Waals surface area contributed by atoms with Gasteiger partial charge in [0, 0.05) is 0 Å². The van der Waals surface area contributed by atoms with E-state index in [0.717, 1.165) is 25.2 Å². The monoisotopic (exact) mass is 226 g/mol. The molecule has 1 aliphatic carbocycles. The van der Waals surface area contributed by atoms with E-state index in [2.05, 4.69) is 13.8 Å². The van der Waals surface area contributed by atoms with Crippen molar-refractivity contribution < 1.29 is 5.11 Å².